The molecule has 0 aliphatic rings. The highest BCUT2D eigenvalue weighted by atomic mass is 16.4. The van der Waals surface area contributed by atoms with Crippen molar-refractivity contribution in [3.05, 3.63) is 29.1 Å². The lowest BCUT2D eigenvalue weighted by Gasteiger charge is -2.22. The Morgan fingerprint density at radius 3 is 2.42 bits per heavy atom. The zero-order chi connectivity index (χ0) is 14.6. The van der Waals surface area contributed by atoms with Crippen molar-refractivity contribution in [3.63, 3.8) is 0 Å². The molecular weight excluding hydrogens is 244 g/mol. The zero-order valence-corrected chi connectivity index (χ0v) is 11.8. The summed E-state index contributed by atoms with van der Waals surface area (Å²) in [6, 6.07) is 2.91. The average Bonchev–Trinajstić information content (AvgIpc) is 2.34. The van der Waals surface area contributed by atoms with Crippen LogP contribution in [0.5, 0.6) is 0 Å². The van der Waals surface area contributed by atoms with Gasteiger partial charge in [-0.1, -0.05) is 13.8 Å². The molecule has 1 aromatic rings. The Morgan fingerprint density at radius 2 is 2.00 bits per heavy atom. The number of aryl methyl sites for hydroxylation is 1. The van der Waals surface area contributed by atoms with Gasteiger partial charge in [-0.05, 0) is 31.9 Å². The Morgan fingerprint density at radius 1 is 1.37 bits per heavy atom. The normalized spacial score (nSPS) is 10.6. The topological polar surface area (TPSA) is 70.5 Å². The number of amides is 1. The molecular formula is C14H20N2O3. The van der Waals surface area contributed by atoms with Crippen molar-refractivity contribution in [2.45, 2.75) is 27.7 Å². The van der Waals surface area contributed by atoms with Gasteiger partial charge < -0.3 is 10.0 Å². The van der Waals surface area contributed by atoms with E-state index in [2.05, 4.69) is 4.98 Å². The van der Waals surface area contributed by atoms with Gasteiger partial charge in [0, 0.05) is 13.1 Å². The van der Waals surface area contributed by atoms with Crippen molar-refractivity contribution < 1.29 is 14.7 Å². The summed E-state index contributed by atoms with van der Waals surface area (Å²) in [6.07, 6.45) is 0. The molecule has 1 N–H and O–H groups in total. The van der Waals surface area contributed by atoms with Gasteiger partial charge in [0.15, 0.2) is 0 Å². The van der Waals surface area contributed by atoms with E-state index in [4.69, 9.17) is 5.11 Å². The average molecular weight is 264 g/mol. The van der Waals surface area contributed by atoms with Crippen LogP contribution in [-0.2, 0) is 0 Å². The minimum absolute atomic E-state index is 0.128. The molecule has 19 heavy (non-hydrogen) atoms. The summed E-state index contributed by atoms with van der Waals surface area (Å²) in [4.78, 5) is 29.0. The number of carboxylic acids is 1. The van der Waals surface area contributed by atoms with Crippen molar-refractivity contribution in [2.75, 3.05) is 13.1 Å². The van der Waals surface area contributed by atoms with Crippen molar-refractivity contribution >= 4 is 11.9 Å². The van der Waals surface area contributed by atoms with Gasteiger partial charge in [-0.3, -0.25) is 4.79 Å². The molecule has 0 saturated carbocycles. The van der Waals surface area contributed by atoms with Gasteiger partial charge in [-0.2, -0.15) is 0 Å². The number of rotatable bonds is 5. The van der Waals surface area contributed by atoms with Crippen LogP contribution in [0.4, 0.5) is 0 Å². The molecule has 1 heterocycles. The van der Waals surface area contributed by atoms with E-state index in [1.54, 1.807) is 11.8 Å². The maximum absolute atomic E-state index is 12.3. The van der Waals surface area contributed by atoms with Gasteiger partial charge in [0.25, 0.3) is 5.91 Å². The number of aromatic nitrogens is 1. The van der Waals surface area contributed by atoms with Gasteiger partial charge in [0.1, 0.15) is 5.69 Å². The lowest BCUT2D eigenvalue weighted by Crippen LogP contribution is -2.34. The van der Waals surface area contributed by atoms with Crippen molar-refractivity contribution in [2.24, 2.45) is 5.92 Å². The molecule has 0 atom stereocenters. The van der Waals surface area contributed by atoms with Crippen molar-refractivity contribution in [3.8, 4) is 0 Å². The van der Waals surface area contributed by atoms with Crippen LogP contribution >= 0.6 is 0 Å². The molecule has 0 radical (unpaired) electrons. The zero-order valence-electron chi connectivity index (χ0n) is 11.8. The third-order valence-corrected chi connectivity index (χ3v) is 2.79. The van der Waals surface area contributed by atoms with E-state index in [0.717, 1.165) is 0 Å². The highest BCUT2D eigenvalue weighted by molar-refractivity contribution is 5.94. The Kier molecular flexibility index (Phi) is 5.03. The summed E-state index contributed by atoms with van der Waals surface area (Å²) in [7, 11) is 0. The third-order valence-electron chi connectivity index (χ3n) is 2.79. The molecule has 0 aliphatic carbocycles. The summed E-state index contributed by atoms with van der Waals surface area (Å²) in [5.74, 6) is -0.807. The molecule has 0 fully saturated rings. The fourth-order valence-corrected chi connectivity index (χ4v) is 1.86. The Labute approximate surface area is 113 Å². The van der Waals surface area contributed by atoms with E-state index in [0.29, 0.717) is 30.4 Å². The van der Waals surface area contributed by atoms with Gasteiger partial charge in [-0.25, -0.2) is 9.78 Å². The third kappa shape index (κ3) is 3.77. The van der Waals surface area contributed by atoms with Crippen LogP contribution < -0.4 is 0 Å². The fraction of sp³-hybridized carbons (Fsp3) is 0.500. The molecule has 1 aromatic heterocycles. The largest absolute Gasteiger partial charge is 0.478 e. The van der Waals surface area contributed by atoms with Gasteiger partial charge in [0.05, 0.1) is 11.3 Å². The first kappa shape index (κ1) is 15.1. The summed E-state index contributed by atoms with van der Waals surface area (Å²) in [6.45, 7) is 8.87. The molecule has 5 nitrogen and oxygen atoms in total. The molecule has 0 spiro atoms. The molecule has 0 aliphatic heterocycles. The van der Waals surface area contributed by atoms with Crippen LogP contribution in [0.25, 0.3) is 0 Å². The molecule has 5 heteroatoms. The Bertz CT molecular complexity index is 484. The lowest BCUT2D eigenvalue weighted by molar-refractivity contribution is 0.0690. The van der Waals surface area contributed by atoms with Crippen LogP contribution in [0, 0.1) is 12.8 Å². The van der Waals surface area contributed by atoms with E-state index < -0.39 is 5.97 Å². The molecule has 0 bridgehead atoms. The lowest BCUT2D eigenvalue weighted by atomic mass is 10.1. The second kappa shape index (κ2) is 6.31. The number of hydrogen-bond donors (Lipinski definition) is 1. The molecule has 0 saturated heterocycles. The fourth-order valence-electron chi connectivity index (χ4n) is 1.86. The molecule has 0 aromatic carbocycles. The molecule has 1 amide bonds. The minimum atomic E-state index is -1.03. The second-order valence-corrected chi connectivity index (χ2v) is 4.87. The number of aromatic carboxylic acids is 1. The minimum Gasteiger partial charge on any atom is -0.478 e. The molecule has 104 valence electrons. The smallest absolute Gasteiger partial charge is 0.337 e. The highest BCUT2D eigenvalue weighted by Crippen LogP contribution is 2.10. The second-order valence-electron chi connectivity index (χ2n) is 4.87. The van der Waals surface area contributed by atoms with Gasteiger partial charge in [-0.15, -0.1) is 0 Å². The van der Waals surface area contributed by atoms with Crippen LogP contribution in [0.2, 0.25) is 0 Å². The quantitative estimate of drug-likeness (QED) is 0.885. The van der Waals surface area contributed by atoms with Crippen LogP contribution in [0.3, 0.4) is 0 Å². The summed E-state index contributed by atoms with van der Waals surface area (Å²) in [5, 5.41) is 8.93. The molecule has 0 unspecified atom stereocenters. The first-order valence-corrected chi connectivity index (χ1v) is 6.37. The molecule has 1 rings (SSSR count). The van der Waals surface area contributed by atoms with E-state index in [-0.39, 0.29) is 11.5 Å². The van der Waals surface area contributed by atoms with E-state index >= 15 is 0 Å². The van der Waals surface area contributed by atoms with Crippen LogP contribution in [0.1, 0.15) is 47.3 Å². The standard InChI is InChI=1S/C14H20N2O3/c1-5-16(8-9(2)3)13(17)12-7-6-11(14(18)19)10(4)15-12/h6-7,9H,5,8H2,1-4H3,(H,18,19). The number of pyridine rings is 1. The van der Waals surface area contributed by atoms with Crippen molar-refractivity contribution in [1.29, 1.82) is 0 Å². The highest BCUT2D eigenvalue weighted by Gasteiger charge is 2.18. The number of carboxylic acid groups (broad SMARTS) is 1. The SMILES string of the molecule is CCN(CC(C)C)C(=O)c1ccc(C(=O)O)c(C)n1. The predicted molar refractivity (Wildman–Crippen MR) is 72.3 cm³/mol. The number of carbonyl (C=O) groups is 2. The first-order valence-electron chi connectivity index (χ1n) is 6.37. The first-order chi connectivity index (χ1) is 8.86. The summed E-state index contributed by atoms with van der Waals surface area (Å²) >= 11 is 0. The predicted octanol–water partition coefficient (Wildman–Crippen LogP) is 2.21. The summed E-state index contributed by atoms with van der Waals surface area (Å²) < 4.78 is 0. The van der Waals surface area contributed by atoms with Gasteiger partial charge in [0.2, 0.25) is 0 Å². The Balaban J connectivity index is 2.99. The number of nitrogens with zero attached hydrogens (tertiary/aromatic N) is 2. The number of hydrogen-bond acceptors (Lipinski definition) is 3. The maximum Gasteiger partial charge on any atom is 0.337 e. The Hall–Kier alpha value is -1.91. The monoisotopic (exact) mass is 264 g/mol. The van der Waals surface area contributed by atoms with E-state index in [1.807, 2.05) is 20.8 Å². The van der Waals surface area contributed by atoms with Gasteiger partial charge >= 0.3 is 5.97 Å². The van der Waals surface area contributed by atoms with Crippen LogP contribution in [0.15, 0.2) is 12.1 Å². The van der Waals surface area contributed by atoms with E-state index in [1.165, 1.54) is 12.1 Å². The van der Waals surface area contributed by atoms with Crippen molar-refractivity contribution in [1.82, 2.24) is 9.88 Å². The number of carbonyl (C=O) groups excluding carboxylic acids is 1. The maximum atomic E-state index is 12.3. The summed E-state index contributed by atoms with van der Waals surface area (Å²) in [5.41, 5.74) is 0.785. The van der Waals surface area contributed by atoms with Crippen LogP contribution in [-0.4, -0.2) is 40.0 Å². The van der Waals surface area contributed by atoms with E-state index in [9.17, 15) is 9.59 Å².